The maximum atomic E-state index is 13.3. The van der Waals surface area contributed by atoms with Crippen LogP contribution in [0.2, 0.25) is 0 Å². The summed E-state index contributed by atoms with van der Waals surface area (Å²) in [4.78, 5) is 11.5. The minimum atomic E-state index is -3.82. The number of rotatable bonds is 8. The summed E-state index contributed by atoms with van der Waals surface area (Å²) in [6, 6.07) is 11.3. The summed E-state index contributed by atoms with van der Waals surface area (Å²) in [7, 11) is -0.791. The van der Waals surface area contributed by atoms with Crippen LogP contribution in [0.3, 0.4) is 0 Å². The van der Waals surface area contributed by atoms with Crippen LogP contribution in [0.4, 0.5) is 5.69 Å². The standard InChI is InChI=1S/C20H26N2O5S/c1-6-22(14(2)16-8-7-9-17(12-16)26-4)28(24,25)18-10-11-20(27-5)19(13-18)21-15(3)23/h7-14H,6H2,1-5H3,(H,21,23)/t14-/m1/s1. The minimum absolute atomic E-state index is 0.0775. The van der Waals surface area contributed by atoms with Crippen LogP contribution in [0, 0.1) is 0 Å². The Labute approximate surface area is 166 Å². The molecule has 8 heteroatoms. The quantitative estimate of drug-likeness (QED) is 0.726. The number of methoxy groups -OCH3 is 2. The van der Waals surface area contributed by atoms with E-state index < -0.39 is 16.1 Å². The molecule has 0 spiro atoms. The van der Waals surface area contributed by atoms with Crippen molar-refractivity contribution < 1.29 is 22.7 Å². The predicted octanol–water partition coefficient (Wildman–Crippen LogP) is 3.43. The summed E-state index contributed by atoms with van der Waals surface area (Å²) in [5, 5.41) is 2.61. The fourth-order valence-electron chi connectivity index (χ4n) is 2.99. The van der Waals surface area contributed by atoms with Crippen LogP contribution in [-0.4, -0.2) is 39.4 Å². The highest BCUT2D eigenvalue weighted by Gasteiger charge is 2.29. The van der Waals surface area contributed by atoms with E-state index in [1.807, 2.05) is 31.2 Å². The van der Waals surface area contributed by atoms with Gasteiger partial charge in [-0.25, -0.2) is 8.42 Å². The van der Waals surface area contributed by atoms with Gasteiger partial charge in [0.15, 0.2) is 0 Å². The van der Waals surface area contributed by atoms with Crippen molar-refractivity contribution in [1.29, 1.82) is 0 Å². The Kier molecular flexibility index (Phi) is 7.04. The molecular formula is C20H26N2O5S. The molecule has 0 aliphatic carbocycles. The van der Waals surface area contributed by atoms with E-state index in [0.29, 0.717) is 17.2 Å². The number of carbonyl (C=O) groups excluding carboxylic acids is 1. The topological polar surface area (TPSA) is 84.9 Å². The number of carbonyl (C=O) groups is 1. The van der Waals surface area contributed by atoms with E-state index in [-0.39, 0.29) is 17.3 Å². The zero-order valence-electron chi connectivity index (χ0n) is 16.7. The SMILES string of the molecule is CCN([C@H](C)c1cccc(OC)c1)S(=O)(=O)c1ccc(OC)c(NC(C)=O)c1. The average molecular weight is 407 g/mol. The molecule has 0 aliphatic heterocycles. The van der Waals surface area contributed by atoms with Gasteiger partial charge in [-0.3, -0.25) is 4.79 Å². The highest BCUT2D eigenvalue weighted by molar-refractivity contribution is 7.89. The Balaban J connectivity index is 2.46. The molecule has 2 rings (SSSR count). The van der Waals surface area contributed by atoms with Crippen molar-refractivity contribution in [3.8, 4) is 11.5 Å². The predicted molar refractivity (Wildman–Crippen MR) is 108 cm³/mol. The molecule has 0 aromatic heterocycles. The minimum Gasteiger partial charge on any atom is -0.497 e. The molecule has 0 heterocycles. The van der Waals surface area contributed by atoms with Gasteiger partial charge in [-0.15, -0.1) is 0 Å². The Morgan fingerprint density at radius 3 is 2.43 bits per heavy atom. The summed E-state index contributed by atoms with van der Waals surface area (Å²) in [5.74, 6) is 0.734. The van der Waals surface area contributed by atoms with Crippen LogP contribution in [0.5, 0.6) is 11.5 Å². The number of sulfonamides is 1. The third kappa shape index (κ3) is 4.63. The second-order valence-corrected chi connectivity index (χ2v) is 8.09. The lowest BCUT2D eigenvalue weighted by Crippen LogP contribution is -2.33. The van der Waals surface area contributed by atoms with Crippen molar-refractivity contribution in [2.45, 2.75) is 31.7 Å². The fourth-order valence-corrected chi connectivity index (χ4v) is 4.65. The van der Waals surface area contributed by atoms with Crippen molar-refractivity contribution >= 4 is 21.6 Å². The highest BCUT2D eigenvalue weighted by Crippen LogP contribution is 2.33. The molecular weight excluding hydrogens is 380 g/mol. The molecule has 0 saturated heterocycles. The second-order valence-electron chi connectivity index (χ2n) is 6.20. The van der Waals surface area contributed by atoms with Crippen molar-refractivity contribution in [3.63, 3.8) is 0 Å². The van der Waals surface area contributed by atoms with E-state index in [1.165, 1.54) is 36.5 Å². The Bertz CT molecular complexity index is 943. The van der Waals surface area contributed by atoms with Gasteiger partial charge in [-0.1, -0.05) is 19.1 Å². The molecule has 0 radical (unpaired) electrons. The maximum absolute atomic E-state index is 13.3. The molecule has 0 bridgehead atoms. The summed E-state index contributed by atoms with van der Waals surface area (Å²) >= 11 is 0. The first kappa shape index (κ1) is 21.7. The van der Waals surface area contributed by atoms with E-state index in [1.54, 1.807) is 14.0 Å². The van der Waals surface area contributed by atoms with Crippen LogP contribution in [0.15, 0.2) is 47.4 Å². The van der Waals surface area contributed by atoms with Crippen molar-refractivity contribution in [2.24, 2.45) is 0 Å². The number of benzene rings is 2. The Morgan fingerprint density at radius 1 is 1.14 bits per heavy atom. The largest absolute Gasteiger partial charge is 0.497 e. The number of anilines is 1. The van der Waals surface area contributed by atoms with E-state index in [4.69, 9.17) is 9.47 Å². The van der Waals surface area contributed by atoms with E-state index in [9.17, 15) is 13.2 Å². The first-order valence-corrected chi connectivity index (χ1v) is 10.3. The van der Waals surface area contributed by atoms with Crippen molar-refractivity contribution in [2.75, 3.05) is 26.1 Å². The van der Waals surface area contributed by atoms with Gasteiger partial charge in [0.05, 0.1) is 24.8 Å². The van der Waals surface area contributed by atoms with Gasteiger partial charge in [0.1, 0.15) is 11.5 Å². The van der Waals surface area contributed by atoms with Gasteiger partial charge < -0.3 is 14.8 Å². The van der Waals surface area contributed by atoms with Gasteiger partial charge in [0.2, 0.25) is 15.9 Å². The Hall–Kier alpha value is -2.58. The molecule has 1 N–H and O–H groups in total. The zero-order valence-corrected chi connectivity index (χ0v) is 17.5. The second kappa shape index (κ2) is 9.07. The smallest absolute Gasteiger partial charge is 0.243 e. The number of nitrogens with one attached hydrogen (secondary N) is 1. The molecule has 152 valence electrons. The lowest BCUT2D eigenvalue weighted by molar-refractivity contribution is -0.114. The molecule has 0 fully saturated rings. The molecule has 2 aromatic carbocycles. The Morgan fingerprint density at radius 2 is 1.86 bits per heavy atom. The lowest BCUT2D eigenvalue weighted by atomic mass is 10.1. The number of hydrogen-bond donors (Lipinski definition) is 1. The summed E-state index contributed by atoms with van der Waals surface area (Å²) in [6.07, 6.45) is 0. The molecule has 1 atom stereocenters. The third-order valence-electron chi connectivity index (χ3n) is 4.41. The molecule has 2 aromatic rings. The van der Waals surface area contributed by atoms with Crippen LogP contribution >= 0.6 is 0 Å². The van der Waals surface area contributed by atoms with Crippen molar-refractivity contribution in [3.05, 3.63) is 48.0 Å². The average Bonchev–Trinajstić information content (AvgIpc) is 2.67. The molecule has 0 aliphatic rings. The van der Waals surface area contributed by atoms with Crippen LogP contribution < -0.4 is 14.8 Å². The van der Waals surface area contributed by atoms with Gasteiger partial charge in [0.25, 0.3) is 0 Å². The van der Waals surface area contributed by atoms with E-state index >= 15 is 0 Å². The van der Waals surface area contributed by atoms with Crippen LogP contribution in [-0.2, 0) is 14.8 Å². The molecule has 7 nitrogen and oxygen atoms in total. The maximum Gasteiger partial charge on any atom is 0.243 e. The molecule has 1 amide bonds. The monoisotopic (exact) mass is 406 g/mol. The molecule has 28 heavy (non-hydrogen) atoms. The lowest BCUT2D eigenvalue weighted by Gasteiger charge is -2.28. The van der Waals surface area contributed by atoms with E-state index in [0.717, 1.165) is 5.56 Å². The zero-order chi connectivity index (χ0) is 20.9. The van der Waals surface area contributed by atoms with Crippen LogP contribution in [0.25, 0.3) is 0 Å². The number of ether oxygens (including phenoxy) is 2. The number of hydrogen-bond acceptors (Lipinski definition) is 5. The first-order chi connectivity index (χ1) is 13.2. The van der Waals surface area contributed by atoms with Gasteiger partial charge in [0, 0.05) is 19.5 Å². The van der Waals surface area contributed by atoms with Gasteiger partial charge >= 0.3 is 0 Å². The summed E-state index contributed by atoms with van der Waals surface area (Å²) < 4.78 is 38.5. The summed E-state index contributed by atoms with van der Waals surface area (Å²) in [6.45, 7) is 5.24. The number of nitrogens with zero attached hydrogens (tertiary/aromatic N) is 1. The van der Waals surface area contributed by atoms with E-state index in [2.05, 4.69) is 5.32 Å². The molecule has 0 saturated carbocycles. The third-order valence-corrected chi connectivity index (χ3v) is 6.45. The summed E-state index contributed by atoms with van der Waals surface area (Å²) in [5.41, 5.74) is 1.13. The normalized spacial score (nSPS) is 12.5. The first-order valence-electron chi connectivity index (χ1n) is 8.86. The molecule has 0 unspecified atom stereocenters. The fraction of sp³-hybridized carbons (Fsp3) is 0.350. The number of amides is 1. The van der Waals surface area contributed by atoms with Crippen molar-refractivity contribution in [1.82, 2.24) is 4.31 Å². The van der Waals surface area contributed by atoms with Gasteiger partial charge in [-0.2, -0.15) is 4.31 Å². The highest BCUT2D eigenvalue weighted by atomic mass is 32.2. The van der Waals surface area contributed by atoms with Gasteiger partial charge in [-0.05, 0) is 42.8 Å². The van der Waals surface area contributed by atoms with Crippen LogP contribution in [0.1, 0.15) is 32.4 Å².